The Balaban J connectivity index is 2.18. The van der Waals surface area contributed by atoms with Gasteiger partial charge in [-0.15, -0.1) is 0 Å². The summed E-state index contributed by atoms with van der Waals surface area (Å²) in [5.74, 6) is 0.599. The van der Waals surface area contributed by atoms with Crippen molar-refractivity contribution < 1.29 is 19.5 Å². The molecule has 0 aliphatic heterocycles. The molecule has 0 radical (unpaired) electrons. The van der Waals surface area contributed by atoms with Crippen molar-refractivity contribution in [1.82, 2.24) is 0 Å². The molecule has 0 spiro atoms. The van der Waals surface area contributed by atoms with Crippen molar-refractivity contribution in [3.05, 3.63) is 33.4 Å². The summed E-state index contributed by atoms with van der Waals surface area (Å²) in [4.78, 5) is 10.4. The average molecular weight is 267 g/mol. The van der Waals surface area contributed by atoms with Crippen molar-refractivity contribution in [2.45, 2.75) is 38.6 Å². The predicted molar refractivity (Wildman–Crippen MR) is 68.4 cm³/mol. The maximum Gasteiger partial charge on any atom is 0.272 e. The highest BCUT2D eigenvalue weighted by molar-refractivity contribution is 5.49. The fourth-order valence-corrected chi connectivity index (χ4v) is 2.24. The Morgan fingerprint density at radius 1 is 1.37 bits per heavy atom. The number of methoxy groups -OCH3 is 1. The molecule has 2 rings (SSSR count). The van der Waals surface area contributed by atoms with Crippen LogP contribution in [-0.4, -0.2) is 35.5 Å². The number of nitrogens with zero attached hydrogens (tertiary/aromatic N) is 1. The molecule has 0 bridgehead atoms. The monoisotopic (exact) mass is 267 g/mol. The van der Waals surface area contributed by atoms with E-state index >= 15 is 0 Å². The fourth-order valence-electron chi connectivity index (χ4n) is 2.24. The molecule has 1 aliphatic rings. The lowest BCUT2D eigenvalue weighted by Gasteiger charge is -2.40. The van der Waals surface area contributed by atoms with E-state index < -0.39 is 11.0 Å². The Morgan fingerprint density at radius 2 is 2.05 bits per heavy atom. The molecule has 0 amide bonds. The van der Waals surface area contributed by atoms with Crippen LogP contribution in [0.4, 0.5) is 5.69 Å². The molecule has 1 saturated carbocycles. The van der Waals surface area contributed by atoms with Gasteiger partial charge in [0.05, 0.1) is 11.0 Å². The highest BCUT2D eigenvalue weighted by Gasteiger charge is 2.42. The molecule has 0 aromatic heterocycles. The number of hydrogen-bond donors (Lipinski definition) is 1. The Labute approximate surface area is 111 Å². The molecule has 0 saturated heterocycles. The van der Waals surface area contributed by atoms with Crippen molar-refractivity contribution >= 4 is 5.69 Å². The molecule has 1 aromatic carbocycles. The topological polar surface area (TPSA) is 81.8 Å². The zero-order valence-corrected chi connectivity index (χ0v) is 11.1. The standard InChI is InChI=1S/C13H17NO5/c1-7-5-11(8(2)4-9(7)14(16)17)19-12-6-10(15)13(12)18-3/h4-5,10,12-13,15H,6H2,1-3H3. The third-order valence-electron chi connectivity index (χ3n) is 3.46. The Morgan fingerprint density at radius 3 is 2.58 bits per heavy atom. The molecule has 1 fully saturated rings. The van der Waals surface area contributed by atoms with E-state index in [-0.39, 0.29) is 17.9 Å². The van der Waals surface area contributed by atoms with E-state index in [9.17, 15) is 15.2 Å². The van der Waals surface area contributed by atoms with Gasteiger partial charge in [-0.1, -0.05) is 0 Å². The van der Waals surface area contributed by atoms with Crippen molar-refractivity contribution in [2.24, 2.45) is 0 Å². The summed E-state index contributed by atoms with van der Waals surface area (Å²) in [5.41, 5.74) is 1.34. The number of aliphatic hydroxyl groups excluding tert-OH is 1. The summed E-state index contributed by atoms with van der Waals surface area (Å²) in [6.07, 6.45) is -0.544. The second kappa shape index (κ2) is 5.14. The highest BCUT2D eigenvalue weighted by atomic mass is 16.6. The van der Waals surface area contributed by atoms with Gasteiger partial charge in [-0.3, -0.25) is 10.1 Å². The largest absolute Gasteiger partial charge is 0.487 e. The van der Waals surface area contributed by atoms with E-state index in [2.05, 4.69) is 0 Å². The predicted octanol–water partition coefficient (Wildman–Crippen LogP) is 1.74. The number of rotatable bonds is 4. The Hall–Kier alpha value is -1.66. The van der Waals surface area contributed by atoms with Crippen molar-refractivity contribution in [3.63, 3.8) is 0 Å². The van der Waals surface area contributed by atoms with Crippen LogP contribution in [0.15, 0.2) is 12.1 Å². The lowest BCUT2D eigenvalue weighted by atomic mass is 9.88. The average Bonchev–Trinajstić information content (AvgIpc) is 2.32. The first kappa shape index (κ1) is 13.8. The molecule has 3 atom stereocenters. The number of aliphatic hydroxyl groups is 1. The van der Waals surface area contributed by atoms with E-state index in [1.54, 1.807) is 19.9 Å². The van der Waals surface area contributed by atoms with E-state index in [0.717, 1.165) is 0 Å². The quantitative estimate of drug-likeness (QED) is 0.663. The van der Waals surface area contributed by atoms with Gasteiger partial charge in [0, 0.05) is 25.2 Å². The fraction of sp³-hybridized carbons (Fsp3) is 0.538. The van der Waals surface area contributed by atoms with Gasteiger partial charge in [0.15, 0.2) is 0 Å². The van der Waals surface area contributed by atoms with Crippen LogP contribution in [0.1, 0.15) is 17.5 Å². The zero-order valence-electron chi connectivity index (χ0n) is 11.1. The first-order chi connectivity index (χ1) is 8.93. The number of ether oxygens (including phenoxy) is 2. The minimum atomic E-state index is -0.505. The van der Waals surface area contributed by atoms with Gasteiger partial charge in [0.2, 0.25) is 0 Å². The Bertz CT molecular complexity index is 502. The van der Waals surface area contributed by atoms with Crippen LogP contribution in [0.25, 0.3) is 0 Å². The number of nitro groups is 1. The molecule has 104 valence electrons. The lowest BCUT2D eigenvalue weighted by Crippen LogP contribution is -2.54. The maximum atomic E-state index is 10.8. The molecule has 0 heterocycles. The van der Waals surface area contributed by atoms with Crippen molar-refractivity contribution in [2.75, 3.05) is 7.11 Å². The third kappa shape index (κ3) is 2.54. The van der Waals surface area contributed by atoms with Crippen LogP contribution in [0, 0.1) is 24.0 Å². The molecule has 3 unspecified atom stereocenters. The van der Waals surface area contributed by atoms with Gasteiger partial charge in [0.1, 0.15) is 18.0 Å². The molecule has 1 aromatic rings. The normalized spacial score (nSPS) is 25.8. The maximum absolute atomic E-state index is 10.8. The van der Waals surface area contributed by atoms with Gasteiger partial charge in [-0.05, 0) is 25.5 Å². The molecular weight excluding hydrogens is 250 g/mol. The third-order valence-corrected chi connectivity index (χ3v) is 3.46. The molecule has 1 aliphatic carbocycles. The highest BCUT2D eigenvalue weighted by Crippen LogP contribution is 2.33. The number of benzene rings is 1. The summed E-state index contributed by atoms with van der Waals surface area (Å²) in [5, 5.41) is 20.3. The van der Waals surface area contributed by atoms with E-state index in [0.29, 0.717) is 23.3 Å². The first-order valence-corrected chi connectivity index (χ1v) is 6.07. The summed E-state index contributed by atoms with van der Waals surface area (Å²) in [6.45, 7) is 3.44. The van der Waals surface area contributed by atoms with Gasteiger partial charge in [-0.25, -0.2) is 0 Å². The summed E-state index contributed by atoms with van der Waals surface area (Å²) >= 11 is 0. The van der Waals surface area contributed by atoms with Gasteiger partial charge in [0.25, 0.3) is 5.69 Å². The van der Waals surface area contributed by atoms with E-state index in [1.807, 2.05) is 0 Å². The summed E-state index contributed by atoms with van der Waals surface area (Å²) < 4.78 is 10.9. The minimum absolute atomic E-state index is 0.0850. The summed E-state index contributed by atoms with van der Waals surface area (Å²) in [6, 6.07) is 3.16. The molecule has 19 heavy (non-hydrogen) atoms. The van der Waals surface area contributed by atoms with Crippen LogP contribution in [0.3, 0.4) is 0 Å². The first-order valence-electron chi connectivity index (χ1n) is 6.07. The van der Waals surface area contributed by atoms with Crippen LogP contribution in [-0.2, 0) is 4.74 Å². The SMILES string of the molecule is COC1C(O)CC1Oc1cc(C)c([N+](=O)[O-])cc1C. The van der Waals surface area contributed by atoms with Crippen molar-refractivity contribution in [1.29, 1.82) is 0 Å². The molecule has 6 nitrogen and oxygen atoms in total. The number of hydrogen-bond acceptors (Lipinski definition) is 5. The lowest BCUT2D eigenvalue weighted by molar-refractivity contribution is -0.385. The second-order valence-electron chi connectivity index (χ2n) is 4.82. The van der Waals surface area contributed by atoms with Crippen LogP contribution >= 0.6 is 0 Å². The number of aryl methyl sites for hydroxylation is 2. The van der Waals surface area contributed by atoms with Crippen molar-refractivity contribution in [3.8, 4) is 5.75 Å². The number of nitro benzene ring substituents is 1. The molecule has 6 heteroatoms. The smallest absolute Gasteiger partial charge is 0.272 e. The van der Waals surface area contributed by atoms with Crippen LogP contribution in [0.2, 0.25) is 0 Å². The zero-order chi connectivity index (χ0) is 14.2. The molecule has 1 N–H and O–H groups in total. The Kier molecular flexibility index (Phi) is 3.73. The summed E-state index contributed by atoms with van der Waals surface area (Å²) in [7, 11) is 1.53. The van der Waals surface area contributed by atoms with Gasteiger partial charge >= 0.3 is 0 Å². The second-order valence-corrected chi connectivity index (χ2v) is 4.82. The minimum Gasteiger partial charge on any atom is -0.487 e. The van der Waals surface area contributed by atoms with E-state index in [1.165, 1.54) is 13.2 Å². The van der Waals surface area contributed by atoms with Gasteiger partial charge < -0.3 is 14.6 Å². The van der Waals surface area contributed by atoms with Crippen LogP contribution < -0.4 is 4.74 Å². The van der Waals surface area contributed by atoms with Gasteiger partial charge in [-0.2, -0.15) is 0 Å². The van der Waals surface area contributed by atoms with Crippen LogP contribution in [0.5, 0.6) is 5.75 Å². The van der Waals surface area contributed by atoms with E-state index in [4.69, 9.17) is 9.47 Å². The molecular formula is C13H17NO5.